The van der Waals surface area contributed by atoms with E-state index in [1.54, 1.807) is 7.11 Å². The van der Waals surface area contributed by atoms with Gasteiger partial charge in [-0.15, -0.1) is 0 Å². The van der Waals surface area contributed by atoms with Crippen molar-refractivity contribution in [1.29, 1.82) is 0 Å². The third-order valence-corrected chi connectivity index (χ3v) is 2.76. The maximum atomic E-state index is 10.9. The third kappa shape index (κ3) is 4.47. The van der Waals surface area contributed by atoms with Gasteiger partial charge in [0.15, 0.2) is 0 Å². The molecule has 3 nitrogen and oxygen atoms in total. The van der Waals surface area contributed by atoms with Gasteiger partial charge >= 0.3 is 5.97 Å². The molecular formula is C14H20O3. The summed E-state index contributed by atoms with van der Waals surface area (Å²) in [4.78, 5) is 10.9. The van der Waals surface area contributed by atoms with Crippen LogP contribution in [0, 0.1) is 5.92 Å². The summed E-state index contributed by atoms with van der Waals surface area (Å²) in [6, 6.07) is 7.67. The van der Waals surface area contributed by atoms with E-state index in [-0.39, 0.29) is 12.3 Å². The molecular weight excluding hydrogens is 216 g/mol. The summed E-state index contributed by atoms with van der Waals surface area (Å²) in [6.45, 7) is 4.22. The number of benzene rings is 1. The van der Waals surface area contributed by atoms with E-state index in [9.17, 15) is 4.79 Å². The minimum atomic E-state index is -0.744. The highest BCUT2D eigenvalue weighted by Crippen LogP contribution is 2.28. The topological polar surface area (TPSA) is 46.5 Å². The van der Waals surface area contributed by atoms with Crippen LogP contribution in [0.3, 0.4) is 0 Å². The number of carbonyl (C=O) groups is 1. The van der Waals surface area contributed by atoms with Gasteiger partial charge in [0.05, 0.1) is 13.5 Å². The number of hydrogen-bond donors (Lipinski definition) is 1. The van der Waals surface area contributed by atoms with Crippen molar-refractivity contribution in [2.24, 2.45) is 5.92 Å². The van der Waals surface area contributed by atoms with E-state index < -0.39 is 5.97 Å². The van der Waals surface area contributed by atoms with Gasteiger partial charge in [-0.3, -0.25) is 4.79 Å². The molecule has 0 aliphatic heterocycles. The zero-order valence-electron chi connectivity index (χ0n) is 10.6. The third-order valence-electron chi connectivity index (χ3n) is 2.76. The number of carboxylic acids is 1. The zero-order valence-corrected chi connectivity index (χ0v) is 10.6. The molecule has 0 saturated carbocycles. The predicted octanol–water partition coefficient (Wildman–Crippen LogP) is 3.30. The standard InChI is InChI=1S/C14H20O3/c1-10(2)8-12(9-14(15)16)11-4-6-13(17-3)7-5-11/h4-7,10,12H,8-9H2,1-3H3,(H,15,16). The molecule has 94 valence electrons. The molecule has 0 spiro atoms. The van der Waals surface area contributed by atoms with Crippen molar-refractivity contribution in [2.45, 2.75) is 32.6 Å². The van der Waals surface area contributed by atoms with Crippen LogP contribution in [-0.4, -0.2) is 18.2 Å². The number of rotatable bonds is 6. The monoisotopic (exact) mass is 236 g/mol. The molecule has 17 heavy (non-hydrogen) atoms. The maximum absolute atomic E-state index is 10.9. The summed E-state index contributed by atoms with van der Waals surface area (Å²) in [5.74, 6) is 0.624. The Morgan fingerprint density at radius 2 is 1.88 bits per heavy atom. The number of ether oxygens (including phenoxy) is 1. The molecule has 0 aliphatic carbocycles. The first-order chi connectivity index (χ1) is 8.02. The molecule has 1 unspecified atom stereocenters. The molecule has 0 radical (unpaired) electrons. The van der Waals surface area contributed by atoms with E-state index in [2.05, 4.69) is 13.8 Å². The Morgan fingerprint density at radius 1 is 1.29 bits per heavy atom. The van der Waals surface area contributed by atoms with E-state index >= 15 is 0 Å². The van der Waals surface area contributed by atoms with Crippen molar-refractivity contribution in [2.75, 3.05) is 7.11 Å². The first-order valence-corrected chi connectivity index (χ1v) is 5.88. The van der Waals surface area contributed by atoms with Gasteiger partial charge in [-0.25, -0.2) is 0 Å². The summed E-state index contributed by atoms with van der Waals surface area (Å²) in [6.07, 6.45) is 1.07. The Hall–Kier alpha value is -1.51. The van der Waals surface area contributed by atoms with Crippen LogP contribution in [0.5, 0.6) is 5.75 Å². The summed E-state index contributed by atoms with van der Waals surface area (Å²) >= 11 is 0. The van der Waals surface area contributed by atoms with Crippen molar-refractivity contribution in [3.05, 3.63) is 29.8 Å². The van der Waals surface area contributed by atoms with Gasteiger partial charge < -0.3 is 9.84 Å². The van der Waals surface area contributed by atoms with Crippen molar-refractivity contribution < 1.29 is 14.6 Å². The van der Waals surface area contributed by atoms with Gasteiger partial charge in [-0.1, -0.05) is 26.0 Å². The van der Waals surface area contributed by atoms with Gasteiger partial charge in [0.2, 0.25) is 0 Å². The number of carboxylic acid groups (broad SMARTS) is 1. The quantitative estimate of drug-likeness (QED) is 0.824. The molecule has 0 aromatic heterocycles. The van der Waals surface area contributed by atoms with Gasteiger partial charge in [0, 0.05) is 0 Å². The first-order valence-electron chi connectivity index (χ1n) is 5.88. The molecule has 3 heteroatoms. The molecule has 0 heterocycles. The summed E-state index contributed by atoms with van der Waals surface area (Å²) in [5, 5.41) is 8.93. The van der Waals surface area contributed by atoms with Crippen molar-refractivity contribution in [1.82, 2.24) is 0 Å². The van der Waals surface area contributed by atoms with Crippen LogP contribution in [0.15, 0.2) is 24.3 Å². The Bertz CT molecular complexity index is 354. The fraction of sp³-hybridized carbons (Fsp3) is 0.500. The lowest BCUT2D eigenvalue weighted by atomic mass is 9.88. The fourth-order valence-electron chi connectivity index (χ4n) is 1.99. The SMILES string of the molecule is COc1ccc(C(CC(=O)O)CC(C)C)cc1. The lowest BCUT2D eigenvalue weighted by molar-refractivity contribution is -0.137. The van der Waals surface area contributed by atoms with Crippen LogP contribution >= 0.6 is 0 Å². The molecule has 1 aromatic rings. The maximum Gasteiger partial charge on any atom is 0.303 e. The number of hydrogen-bond acceptors (Lipinski definition) is 2. The second-order valence-electron chi connectivity index (χ2n) is 4.70. The molecule has 1 rings (SSSR count). The van der Waals surface area contributed by atoms with Crippen LogP contribution in [0.25, 0.3) is 0 Å². The van der Waals surface area contributed by atoms with E-state index in [4.69, 9.17) is 9.84 Å². The lowest BCUT2D eigenvalue weighted by Crippen LogP contribution is -2.09. The second kappa shape index (κ2) is 6.28. The number of aliphatic carboxylic acids is 1. The van der Waals surface area contributed by atoms with E-state index in [0.717, 1.165) is 17.7 Å². The lowest BCUT2D eigenvalue weighted by Gasteiger charge is -2.17. The van der Waals surface area contributed by atoms with Gasteiger partial charge in [0.25, 0.3) is 0 Å². The minimum absolute atomic E-state index is 0.0819. The summed E-state index contributed by atoms with van der Waals surface area (Å²) < 4.78 is 5.09. The normalized spacial score (nSPS) is 12.5. The molecule has 1 N–H and O–H groups in total. The molecule has 0 aliphatic rings. The largest absolute Gasteiger partial charge is 0.497 e. The highest BCUT2D eigenvalue weighted by molar-refractivity contribution is 5.68. The molecule has 0 fully saturated rings. The molecule has 0 bridgehead atoms. The first kappa shape index (κ1) is 13.6. The predicted molar refractivity (Wildman–Crippen MR) is 67.4 cm³/mol. The number of methoxy groups -OCH3 is 1. The molecule has 0 amide bonds. The Balaban J connectivity index is 2.83. The van der Waals surface area contributed by atoms with Crippen LogP contribution in [0.1, 0.15) is 38.2 Å². The van der Waals surface area contributed by atoms with Gasteiger partial charge in [0.1, 0.15) is 5.75 Å². The van der Waals surface area contributed by atoms with Gasteiger partial charge in [-0.2, -0.15) is 0 Å². The molecule has 1 atom stereocenters. The van der Waals surface area contributed by atoms with Crippen LogP contribution in [0.4, 0.5) is 0 Å². The van der Waals surface area contributed by atoms with Crippen molar-refractivity contribution in [3.8, 4) is 5.75 Å². The Morgan fingerprint density at radius 3 is 2.29 bits per heavy atom. The molecule has 1 aromatic carbocycles. The average Bonchev–Trinajstić information content (AvgIpc) is 2.27. The van der Waals surface area contributed by atoms with Crippen molar-refractivity contribution in [3.63, 3.8) is 0 Å². The smallest absolute Gasteiger partial charge is 0.303 e. The Labute approximate surface area is 102 Å². The summed E-state index contributed by atoms with van der Waals surface area (Å²) in [5.41, 5.74) is 1.07. The van der Waals surface area contributed by atoms with E-state index in [1.165, 1.54) is 0 Å². The average molecular weight is 236 g/mol. The highest BCUT2D eigenvalue weighted by Gasteiger charge is 2.17. The highest BCUT2D eigenvalue weighted by atomic mass is 16.5. The van der Waals surface area contributed by atoms with Crippen LogP contribution < -0.4 is 4.74 Å². The van der Waals surface area contributed by atoms with E-state index in [1.807, 2.05) is 24.3 Å². The molecule has 0 saturated heterocycles. The summed E-state index contributed by atoms with van der Waals surface area (Å²) in [7, 11) is 1.62. The minimum Gasteiger partial charge on any atom is -0.497 e. The zero-order chi connectivity index (χ0) is 12.8. The van der Waals surface area contributed by atoms with E-state index in [0.29, 0.717) is 5.92 Å². The van der Waals surface area contributed by atoms with Crippen molar-refractivity contribution >= 4 is 5.97 Å². The second-order valence-corrected chi connectivity index (χ2v) is 4.70. The van der Waals surface area contributed by atoms with Crippen LogP contribution in [0.2, 0.25) is 0 Å². The fourth-order valence-corrected chi connectivity index (χ4v) is 1.99. The Kier molecular flexibility index (Phi) is 5.01. The van der Waals surface area contributed by atoms with Crippen LogP contribution in [-0.2, 0) is 4.79 Å². The van der Waals surface area contributed by atoms with Gasteiger partial charge in [-0.05, 0) is 36.0 Å².